The van der Waals surface area contributed by atoms with E-state index in [2.05, 4.69) is 0 Å². The summed E-state index contributed by atoms with van der Waals surface area (Å²) in [6.07, 6.45) is 0. The zero-order valence-electron chi connectivity index (χ0n) is 11.5. The summed E-state index contributed by atoms with van der Waals surface area (Å²) < 4.78 is 18.8. The molecular weight excluding hydrogens is 275 g/mol. The van der Waals surface area contributed by atoms with Gasteiger partial charge >= 0.3 is 0 Å². The van der Waals surface area contributed by atoms with E-state index < -0.39 is 10.7 Å². The number of benzene rings is 2. The van der Waals surface area contributed by atoms with E-state index in [0.717, 1.165) is 23.8 Å². The maximum atomic E-state index is 13.2. The van der Waals surface area contributed by atoms with Crippen molar-refractivity contribution in [3.05, 3.63) is 69.5 Å². The van der Waals surface area contributed by atoms with Crippen molar-refractivity contribution in [1.82, 2.24) is 0 Å². The number of halogens is 1. The van der Waals surface area contributed by atoms with Gasteiger partial charge in [0, 0.05) is 17.7 Å². The van der Waals surface area contributed by atoms with Gasteiger partial charge in [0.25, 0.3) is 5.69 Å². The predicted molar refractivity (Wildman–Crippen MR) is 76.4 cm³/mol. The van der Waals surface area contributed by atoms with Gasteiger partial charge in [0.05, 0.1) is 10.5 Å². The number of hydrogen-bond donors (Lipinski definition) is 1. The average molecular weight is 290 g/mol. The lowest BCUT2D eigenvalue weighted by Crippen LogP contribution is -2.08. The molecule has 0 amide bonds. The molecule has 0 saturated carbocycles. The molecule has 1 atom stereocenters. The van der Waals surface area contributed by atoms with Crippen LogP contribution in [-0.4, -0.2) is 4.92 Å². The molecule has 2 aromatic carbocycles. The van der Waals surface area contributed by atoms with Crippen LogP contribution in [-0.2, 0) is 6.61 Å². The van der Waals surface area contributed by atoms with E-state index in [0.29, 0.717) is 5.75 Å². The largest absolute Gasteiger partial charge is 0.488 e. The number of nitrogens with zero attached hydrogens (tertiary/aromatic N) is 1. The van der Waals surface area contributed by atoms with Gasteiger partial charge in [-0.15, -0.1) is 0 Å². The Balaban J connectivity index is 2.25. The third kappa shape index (κ3) is 3.55. The molecule has 0 aliphatic heterocycles. The molecule has 110 valence electrons. The molecule has 21 heavy (non-hydrogen) atoms. The molecule has 0 fully saturated rings. The molecule has 2 N–H and O–H groups in total. The van der Waals surface area contributed by atoms with Crippen LogP contribution in [0.2, 0.25) is 0 Å². The van der Waals surface area contributed by atoms with Crippen LogP contribution < -0.4 is 10.5 Å². The number of para-hydroxylation sites is 1. The van der Waals surface area contributed by atoms with E-state index >= 15 is 0 Å². The zero-order valence-corrected chi connectivity index (χ0v) is 11.5. The van der Waals surface area contributed by atoms with E-state index in [-0.39, 0.29) is 23.9 Å². The number of hydrogen-bond acceptors (Lipinski definition) is 4. The van der Waals surface area contributed by atoms with E-state index in [1.54, 1.807) is 12.1 Å². The molecule has 0 unspecified atom stereocenters. The van der Waals surface area contributed by atoms with E-state index in [9.17, 15) is 14.5 Å². The summed E-state index contributed by atoms with van der Waals surface area (Å²) in [5.41, 5.74) is 6.63. The van der Waals surface area contributed by atoms with Crippen LogP contribution >= 0.6 is 0 Å². The molecule has 2 aromatic rings. The molecule has 6 heteroatoms. The van der Waals surface area contributed by atoms with Gasteiger partial charge in [-0.2, -0.15) is 0 Å². The first-order chi connectivity index (χ1) is 9.99. The molecule has 5 nitrogen and oxygen atoms in total. The molecule has 2 rings (SSSR count). The van der Waals surface area contributed by atoms with E-state index in [4.69, 9.17) is 10.5 Å². The third-order valence-corrected chi connectivity index (χ3v) is 3.03. The van der Waals surface area contributed by atoms with Crippen LogP contribution in [0.15, 0.2) is 42.5 Å². The van der Waals surface area contributed by atoms with Crippen molar-refractivity contribution in [1.29, 1.82) is 0 Å². The highest BCUT2D eigenvalue weighted by molar-refractivity contribution is 5.41. The highest BCUT2D eigenvalue weighted by Crippen LogP contribution is 2.26. The van der Waals surface area contributed by atoms with Gasteiger partial charge < -0.3 is 10.5 Å². The molecule has 0 aliphatic rings. The summed E-state index contributed by atoms with van der Waals surface area (Å²) in [4.78, 5) is 10.4. The number of rotatable bonds is 5. The molecule has 0 heterocycles. The minimum absolute atomic E-state index is 0.0994. The van der Waals surface area contributed by atoms with Crippen molar-refractivity contribution < 1.29 is 14.1 Å². The minimum Gasteiger partial charge on any atom is -0.488 e. The SMILES string of the molecule is C[C@@H](N)c1ccccc1OCc1cc(F)ccc1[N+](=O)[O-]. The van der Waals surface area contributed by atoms with Crippen molar-refractivity contribution in [2.24, 2.45) is 5.73 Å². The normalized spacial score (nSPS) is 12.0. The lowest BCUT2D eigenvalue weighted by molar-refractivity contribution is -0.385. The van der Waals surface area contributed by atoms with Gasteiger partial charge in [-0.25, -0.2) is 4.39 Å². The second kappa shape index (κ2) is 6.32. The van der Waals surface area contributed by atoms with Crippen LogP contribution in [0.25, 0.3) is 0 Å². The Hall–Kier alpha value is -2.47. The van der Waals surface area contributed by atoms with Crippen molar-refractivity contribution in [3.63, 3.8) is 0 Å². The van der Waals surface area contributed by atoms with Gasteiger partial charge in [0.2, 0.25) is 0 Å². The van der Waals surface area contributed by atoms with Gasteiger partial charge in [-0.3, -0.25) is 10.1 Å². The summed E-state index contributed by atoms with van der Waals surface area (Å²) in [5.74, 6) is -0.00858. The quantitative estimate of drug-likeness (QED) is 0.676. The first kappa shape index (κ1) is 14.9. The highest BCUT2D eigenvalue weighted by atomic mass is 19.1. The fourth-order valence-corrected chi connectivity index (χ4v) is 1.99. The first-order valence-corrected chi connectivity index (χ1v) is 6.39. The lowest BCUT2D eigenvalue weighted by Gasteiger charge is -2.13. The molecular formula is C15H15FN2O3. The predicted octanol–water partition coefficient (Wildman–Crippen LogP) is 3.33. The second-order valence-corrected chi connectivity index (χ2v) is 4.65. The third-order valence-electron chi connectivity index (χ3n) is 3.03. The molecule has 0 aliphatic carbocycles. The Kier molecular flexibility index (Phi) is 4.49. The van der Waals surface area contributed by atoms with Gasteiger partial charge in [-0.1, -0.05) is 18.2 Å². The fraction of sp³-hybridized carbons (Fsp3) is 0.200. The monoisotopic (exact) mass is 290 g/mol. The summed E-state index contributed by atoms with van der Waals surface area (Å²) in [7, 11) is 0. The minimum atomic E-state index is -0.560. The van der Waals surface area contributed by atoms with Crippen molar-refractivity contribution in [2.75, 3.05) is 0 Å². The smallest absolute Gasteiger partial charge is 0.276 e. The highest BCUT2D eigenvalue weighted by Gasteiger charge is 2.16. The lowest BCUT2D eigenvalue weighted by atomic mass is 10.1. The van der Waals surface area contributed by atoms with E-state index in [1.165, 1.54) is 0 Å². The number of ether oxygens (including phenoxy) is 1. The second-order valence-electron chi connectivity index (χ2n) is 4.65. The van der Waals surface area contributed by atoms with Crippen LogP contribution in [0.1, 0.15) is 24.1 Å². The van der Waals surface area contributed by atoms with Gasteiger partial charge in [0.15, 0.2) is 0 Å². The van der Waals surface area contributed by atoms with Crippen LogP contribution in [0.5, 0.6) is 5.75 Å². The summed E-state index contributed by atoms with van der Waals surface area (Å²) in [6.45, 7) is 1.71. The van der Waals surface area contributed by atoms with Crippen LogP contribution in [0.4, 0.5) is 10.1 Å². The van der Waals surface area contributed by atoms with Gasteiger partial charge in [-0.05, 0) is 25.1 Å². The van der Waals surface area contributed by atoms with Crippen molar-refractivity contribution in [3.8, 4) is 5.75 Å². The van der Waals surface area contributed by atoms with E-state index in [1.807, 2.05) is 19.1 Å². The fourth-order valence-electron chi connectivity index (χ4n) is 1.99. The topological polar surface area (TPSA) is 78.4 Å². The maximum absolute atomic E-state index is 13.2. The molecule has 0 spiro atoms. The summed E-state index contributed by atoms with van der Waals surface area (Å²) >= 11 is 0. The number of nitro groups is 1. The number of nitrogens with two attached hydrogens (primary N) is 1. The summed E-state index contributed by atoms with van der Waals surface area (Å²) in [6, 6.07) is 10.2. The first-order valence-electron chi connectivity index (χ1n) is 6.39. The average Bonchev–Trinajstić information content (AvgIpc) is 2.45. The van der Waals surface area contributed by atoms with Crippen LogP contribution in [0.3, 0.4) is 0 Å². The van der Waals surface area contributed by atoms with Crippen molar-refractivity contribution in [2.45, 2.75) is 19.6 Å². The molecule has 0 radical (unpaired) electrons. The Morgan fingerprint density at radius 1 is 1.33 bits per heavy atom. The number of nitro benzene ring substituents is 1. The summed E-state index contributed by atoms with van der Waals surface area (Å²) in [5, 5.41) is 10.9. The maximum Gasteiger partial charge on any atom is 0.276 e. The molecule has 0 saturated heterocycles. The zero-order chi connectivity index (χ0) is 15.4. The Labute approximate surface area is 121 Å². The van der Waals surface area contributed by atoms with Crippen molar-refractivity contribution >= 4 is 5.69 Å². The molecule has 0 aromatic heterocycles. The molecule has 0 bridgehead atoms. The Morgan fingerprint density at radius 3 is 2.71 bits per heavy atom. The van der Waals surface area contributed by atoms with Crippen LogP contribution in [0, 0.1) is 15.9 Å². The van der Waals surface area contributed by atoms with Gasteiger partial charge in [0.1, 0.15) is 18.2 Å². The standard InChI is InChI=1S/C15H15FN2O3/c1-10(17)13-4-2-3-5-15(13)21-9-11-8-12(16)6-7-14(11)18(19)20/h2-8,10H,9,17H2,1H3/t10-/m1/s1. The Bertz CT molecular complexity index is 659. The Morgan fingerprint density at radius 2 is 2.05 bits per heavy atom.